The van der Waals surface area contributed by atoms with Crippen LogP contribution in [0.4, 0.5) is 4.79 Å². The minimum atomic E-state index is -4.07. The fourth-order valence-electron chi connectivity index (χ4n) is 3.95. The van der Waals surface area contributed by atoms with Gasteiger partial charge in [0.2, 0.25) is 0 Å². The summed E-state index contributed by atoms with van der Waals surface area (Å²) in [6.07, 6.45) is 5.47. The Morgan fingerprint density at radius 2 is 1.84 bits per heavy atom. The predicted molar refractivity (Wildman–Crippen MR) is 142 cm³/mol. The van der Waals surface area contributed by atoms with Crippen LogP contribution in [-0.4, -0.2) is 30.6 Å². The zero-order valence-corrected chi connectivity index (χ0v) is 21.2. The van der Waals surface area contributed by atoms with Crippen molar-refractivity contribution in [2.45, 2.75) is 24.3 Å². The summed E-state index contributed by atoms with van der Waals surface area (Å²) in [5.41, 5.74) is 2.27. The van der Waals surface area contributed by atoms with Gasteiger partial charge >= 0.3 is 6.03 Å². The molecule has 2 N–H and O–H groups in total. The summed E-state index contributed by atoms with van der Waals surface area (Å²) in [4.78, 5) is 17.6. The van der Waals surface area contributed by atoms with Crippen LogP contribution in [0.3, 0.4) is 0 Å². The molecule has 37 heavy (non-hydrogen) atoms. The monoisotopic (exact) mass is 516 g/mol. The van der Waals surface area contributed by atoms with Crippen molar-refractivity contribution in [3.8, 4) is 11.4 Å². The summed E-state index contributed by atoms with van der Waals surface area (Å²) >= 11 is 0. The van der Waals surface area contributed by atoms with Gasteiger partial charge in [-0.3, -0.25) is 0 Å². The maximum absolute atomic E-state index is 13.0. The smallest absolute Gasteiger partial charge is 0.329 e. The Labute approximate surface area is 216 Å². The van der Waals surface area contributed by atoms with Crippen LogP contribution in [0.2, 0.25) is 0 Å². The van der Waals surface area contributed by atoms with Gasteiger partial charge in [-0.05, 0) is 42.7 Å². The second-order valence-electron chi connectivity index (χ2n) is 8.34. The summed E-state index contributed by atoms with van der Waals surface area (Å²) < 4.78 is 35.4. The number of carbonyl (C=O) groups is 1. The van der Waals surface area contributed by atoms with E-state index in [1.54, 1.807) is 43.6 Å². The second kappa shape index (κ2) is 11.6. The first-order chi connectivity index (χ1) is 17.9. The first kappa shape index (κ1) is 25.7. The quantitative estimate of drug-likeness (QED) is 0.297. The third-order valence-electron chi connectivity index (χ3n) is 5.64. The van der Waals surface area contributed by atoms with E-state index in [0.717, 1.165) is 11.3 Å². The van der Waals surface area contributed by atoms with Gasteiger partial charge in [-0.25, -0.2) is 22.9 Å². The van der Waals surface area contributed by atoms with Gasteiger partial charge in [-0.1, -0.05) is 67.3 Å². The Bertz CT molecular complexity index is 1480. The Hall–Kier alpha value is -4.37. The number of rotatable bonds is 10. The molecule has 1 aromatic heterocycles. The van der Waals surface area contributed by atoms with E-state index in [-0.39, 0.29) is 4.90 Å². The van der Waals surface area contributed by atoms with E-state index in [0.29, 0.717) is 30.2 Å². The third kappa shape index (κ3) is 6.45. The number of nitrogens with zero attached hydrogens (tertiary/aromatic N) is 2. The first-order valence-corrected chi connectivity index (χ1v) is 13.2. The number of nitrogens with one attached hydrogen (secondary N) is 2. The highest BCUT2D eigenvalue weighted by Crippen LogP contribution is 2.24. The molecule has 0 aliphatic rings. The van der Waals surface area contributed by atoms with Crippen molar-refractivity contribution in [2.75, 3.05) is 6.61 Å². The average molecular weight is 517 g/mol. The van der Waals surface area contributed by atoms with Gasteiger partial charge < -0.3 is 14.6 Å². The highest BCUT2D eigenvalue weighted by atomic mass is 32.2. The van der Waals surface area contributed by atoms with Crippen molar-refractivity contribution < 1.29 is 17.9 Å². The van der Waals surface area contributed by atoms with Crippen molar-refractivity contribution in [2.24, 2.45) is 0 Å². The summed E-state index contributed by atoms with van der Waals surface area (Å²) in [5.74, 6) is 1.19. The normalized spacial score (nSPS) is 11.9. The molecule has 0 spiro atoms. The Morgan fingerprint density at radius 3 is 2.59 bits per heavy atom. The number of carbonyl (C=O) groups excluding carboxylic acids is 1. The molecular weight excluding hydrogens is 488 g/mol. The largest absolute Gasteiger partial charge is 0.489 e. The maximum Gasteiger partial charge on any atom is 0.329 e. The average Bonchev–Trinajstić information content (AvgIpc) is 3.38. The minimum Gasteiger partial charge on any atom is -0.489 e. The molecule has 0 radical (unpaired) electrons. The van der Waals surface area contributed by atoms with Crippen LogP contribution in [0.15, 0.2) is 109 Å². The molecule has 0 unspecified atom stereocenters. The van der Waals surface area contributed by atoms with Crippen molar-refractivity contribution >= 4 is 16.1 Å². The molecule has 0 saturated heterocycles. The van der Waals surface area contributed by atoms with Crippen LogP contribution in [-0.2, 0) is 16.4 Å². The van der Waals surface area contributed by atoms with E-state index in [1.165, 1.54) is 6.07 Å². The van der Waals surface area contributed by atoms with Gasteiger partial charge in [-0.2, -0.15) is 0 Å². The van der Waals surface area contributed by atoms with Crippen LogP contribution in [0.1, 0.15) is 23.0 Å². The zero-order chi connectivity index (χ0) is 26.3. The van der Waals surface area contributed by atoms with Gasteiger partial charge in [-0.15, -0.1) is 0 Å². The van der Waals surface area contributed by atoms with Crippen LogP contribution in [0.25, 0.3) is 5.69 Å². The summed E-state index contributed by atoms with van der Waals surface area (Å²) in [5, 5.41) is 2.82. The molecule has 0 aliphatic carbocycles. The number of hydrogen-bond donors (Lipinski definition) is 2. The van der Waals surface area contributed by atoms with Crippen molar-refractivity contribution in [1.82, 2.24) is 19.6 Å². The number of sulfonamides is 1. The van der Waals surface area contributed by atoms with Crippen molar-refractivity contribution in [3.63, 3.8) is 0 Å². The van der Waals surface area contributed by atoms with E-state index in [4.69, 9.17) is 4.74 Å². The number of urea groups is 1. The summed E-state index contributed by atoms with van der Waals surface area (Å²) in [6.45, 7) is 5.72. The molecule has 190 valence electrons. The number of imidazole rings is 1. The van der Waals surface area contributed by atoms with Gasteiger partial charge in [0.05, 0.1) is 16.6 Å². The van der Waals surface area contributed by atoms with E-state index in [2.05, 4.69) is 21.6 Å². The van der Waals surface area contributed by atoms with Crippen LogP contribution in [0, 0.1) is 6.92 Å². The molecule has 4 rings (SSSR count). The molecule has 0 bridgehead atoms. The Kier molecular flexibility index (Phi) is 8.05. The SMILES string of the molecule is C=CCOc1cccc(-n2ccnc2[C@H](Cc2ccccc2)NC(=O)NS(=O)(=O)c2ccccc2C)c1. The lowest BCUT2D eigenvalue weighted by atomic mass is 10.1. The molecule has 0 saturated carbocycles. The molecule has 3 aromatic carbocycles. The standard InChI is InChI=1S/C28H28N4O4S/c1-3-18-36-24-14-9-13-23(20-24)32-17-16-29-27(32)25(19-22-11-5-4-6-12-22)30-28(33)31-37(34,35)26-15-8-7-10-21(26)2/h3-17,20,25H,1,18-19H2,2H3,(H2,30,31,33)/t25-/m0/s1. The molecule has 9 heteroatoms. The van der Waals surface area contributed by atoms with Gasteiger partial charge in [0.25, 0.3) is 10.0 Å². The van der Waals surface area contributed by atoms with Crippen LogP contribution < -0.4 is 14.8 Å². The molecule has 0 fully saturated rings. The van der Waals surface area contributed by atoms with E-state index >= 15 is 0 Å². The number of aryl methyl sites for hydroxylation is 1. The molecule has 0 aliphatic heterocycles. The molecule has 4 aromatic rings. The topological polar surface area (TPSA) is 102 Å². The minimum absolute atomic E-state index is 0.0441. The van der Waals surface area contributed by atoms with Gasteiger partial charge in [0.1, 0.15) is 18.2 Å². The second-order valence-corrected chi connectivity index (χ2v) is 9.99. The fourth-order valence-corrected chi connectivity index (χ4v) is 5.11. The zero-order valence-electron chi connectivity index (χ0n) is 20.4. The molecular formula is C28H28N4O4S. The van der Waals surface area contributed by atoms with Gasteiger partial charge in [0, 0.05) is 18.5 Å². The Morgan fingerprint density at radius 1 is 1.08 bits per heavy atom. The summed E-state index contributed by atoms with van der Waals surface area (Å²) in [6, 6.07) is 22.0. The lowest BCUT2D eigenvalue weighted by Crippen LogP contribution is -2.42. The predicted octanol–water partition coefficient (Wildman–Crippen LogP) is 4.72. The van der Waals surface area contributed by atoms with Gasteiger partial charge in [0.15, 0.2) is 0 Å². The van der Waals surface area contributed by atoms with E-state index in [9.17, 15) is 13.2 Å². The lowest BCUT2D eigenvalue weighted by molar-refractivity contribution is 0.241. The number of ether oxygens (including phenoxy) is 1. The van der Waals surface area contributed by atoms with E-state index < -0.39 is 22.1 Å². The lowest BCUT2D eigenvalue weighted by Gasteiger charge is -2.21. The molecule has 1 atom stereocenters. The van der Waals surface area contributed by atoms with E-state index in [1.807, 2.05) is 59.2 Å². The number of hydrogen-bond acceptors (Lipinski definition) is 5. The highest BCUT2D eigenvalue weighted by Gasteiger charge is 2.25. The molecule has 8 nitrogen and oxygen atoms in total. The maximum atomic E-state index is 13.0. The van der Waals surface area contributed by atoms with Crippen molar-refractivity contribution in [1.29, 1.82) is 0 Å². The number of benzene rings is 3. The highest BCUT2D eigenvalue weighted by molar-refractivity contribution is 7.90. The third-order valence-corrected chi connectivity index (χ3v) is 7.13. The molecule has 2 amide bonds. The van der Waals surface area contributed by atoms with Crippen LogP contribution in [0.5, 0.6) is 5.75 Å². The summed E-state index contributed by atoms with van der Waals surface area (Å²) in [7, 11) is -4.07. The number of aromatic nitrogens is 2. The number of amides is 2. The fraction of sp³-hybridized carbons (Fsp3) is 0.143. The molecule has 1 heterocycles. The Balaban J connectivity index is 1.63. The first-order valence-electron chi connectivity index (χ1n) is 11.7. The van der Waals surface area contributed by atoms with Crippen LogP contribution >= 0.6 is 0 Å². The van der Waals surface area contributed by atoms with Crippen molar-refractivity contribution in [3.05, 3.63) is 121 Å².